The molecular formula is C15H14ClFN2O2. The summed E-state index contributed by atoms with van der Waals surface area (Å²) in [6.45, 7) is 3.56. The number of H-pyrrole nitrogens is 1. The molecule has 0 aliphatic heterocycles. The number of pyridine rings is 1. The zero-order valence-corrected chi connectivity index (χ0v) is 12.3. The van der Waals surface area contributed by atoms with E-state index >= 15 is 0 Å². The Morgan fingerprint density at radius 1 is 1.38 bits per heavy atom. The number of hydrogen-bond acceptors (Lipinski definition) is 2. The summed E-state index contributed by atoms with van der Waals surface area (Å²) in [6.07, 6.45) is 0. The summed E-state index contributed by atoms with van der Waals surface area (Å²) in [5.74, 6) is -1.35. The van der Waals surface area contributed by atoms with Gasteiger partial charge in [0.25, 0.3) is 11.5 Å². The summed E-state index contributed by atoms with van der Waals surface area (Å²) in [4.78, 5) is 26.5. The lowest BCUT2D eigenvalue weighted by atomic mass is 10.1. The van der Waals surface area contributed by atoms with Gasteiger partial charge in [0.1, 0.15) is 5.82 Å². The van der Waals surface area contributed by atoms with E-state index in [0.29, 0.717) is 5.56 Å². The van der Waals surface area contributed by atoms with Crippen LogP contribution in [0.4, 0.5) is 4.39 Å². The minimum absolute atomic E-state index is 0.00490. The minimum atomic E-state index is -0.700. The third-order valence-corrected chi connectivity index (χ3v) is 3.42. The van der Waals surface area contributed by atoms with E-state index in [9.17, 15) is 14.0 Å². The van der Waals surface area contributed by atoms with Crippen molar-refractivity contribution in [2.45, 2.75) is 20.4 Å². The molecule has 1 amide bonds. The molecule has 0 saturated carbocycles. The molecule has 6 heteroatoms. The van der Waals surface area contributed by atoms with Gasteiger partial charge in [-0.15, -0.1) is 0 Å². The van der Waals surface area contributed by atoms with Crippen molar-refractivity contribution in [2.24, 2.45) is 0 Å². The van der Waals surface area contributed by atoms with Crippen LogP contribution in [0.1, 0.15) is 27.2 Å². The monoisotopic (exact) mass is 308 g/mol. The Bertz CT molecular complexity index is 736. The second-order valence-electron chi connectivity index (χ2n) is 4.72. The number of hydrogen-bond donors (Lipinski definition) is 2. The van der Waals surface area contributed by atoms with Gasteiger partial charge in [0.15, 0.2) is 0 Å². The van der Waals surface area contributed by atoms with Crippen LogP contribution in [0.2, 0.25) is 5.02 Å². The highest BCUT2D eigenvalue weighted by molar-refractivity contribution is 6.33. The Kier molecular flexibility index (Phi) is 4.43. The molecule has 2 N–H and O–H groups in total. The van der Waals surface area contributed by atoms with Gasteiger partial charge >= 0.3 is 0 Å². The molecule has 0 unspecified atom stereocenters. The predicted molar refractivity (Wildman–Crippen MR) is 79.1 cm³/mol. The van der Waals surface area contributed by atoms with Crippen LogP contribution in [-0.2, 0) is 6.54 Å². The van der Waals surface area contributed by atoms with Gasteiger partial charge in [0, 0.05) is 17.8 Å². The van der Waals surface area contributed by atoms with Gasteiger partial charge < -0.3 is 10.3 Å². The first kappa shape index (κ1) is 15.3. The van der Waals surface area contributed by atoms with Crippen molar-refractivity contribution in [2.75, 3.05) is 0 Å². The lowest BCUT2D eigenvalue weighted by Crippen LogP contribution is -2.28. The average molecular weight is 309 g/mol. The van der Waals surface area contributed by atoms with Gasteiger partial charge in [0.05, 0.1) is 10.6 Å². The van der Waals surface area contributed by atoms with Crippen LogP contribution in [0.5, 0.6) is 0 Å². The van der Waals surface area contributed by atoms with Crippen molar-refractivity contribution < 1.29 is 9.18 Å². The molecule has 2 aromatic rings. The lowest BCUT2D eigenvalue weighted by molar-refractivity contribution is 0.0947. The van der Waals surface area contributed by atoms with Crippen molar-refractivity contribution in [3.63, 3.8) is 0 Å². The fourth-order valence-corrected chi connectivity index (χ4v) is 2.32. The maximum Gasteiger partial charge on any atom is 0.256 e. The number of aromatic amines is 1. The molecule has 2 rings (SSSR count). The Labute approximate surface area is 126 Å². The molecule has 21 heavy (non-hydrogen) atoms. The van der Waals surface area contributed by atoms with Crippen molar-refractivity contribution >= 4 is 17.5 Å². The normalized spacial score (nSPS) is 10.5. The number of nitrogens with one attached hydrogen (secondary N) is 2. The first-order valence-electron chi connectivity index (χ1n) is 6.31. The quantitative estimate of drug-likeness (QED) is 0.916. The lowest BCUT2D eigenvalue weighted by Gasteiger charge is -2.09. The first-order valence-corrected chi connectivity index (χ1v) is 6.69. The van der Waals surface area contributed by atoms with Gasteiger partial charge in [-0.3, -0.25) is 9.59 Å². The number of aromatic nitrogens is 1. The zero-order chi connectivity index (χ0) is 15.6. The van der Waals surface area contributed by atoms with Crippen LogP contribution in [0.3, 0.4) is 0 Å². The van der Waals surface area contributed by atoms with E-state index in [1.54, 1.807) is 19.9 Å². The first-order chi connectivity index (χ1) is 9.90. The molecule has 110 valence electrons. The highest BCUT2D eigenvalue weighted by Crippen LogP contribution is 2.18. The molecule has 0 aliphatic rings. The van der Waals surface area contributed by atoms with E-state index < -0.39 is 11.7 Å². The van der Waals surface area contributed by atoms with Crippen LogP contribution < -0.4 is 10.9 Å². The number of carbonyl (C=O) groups excluding carboxylic acids is 1. The Balaban J connectivity index is 2.21. The van der Waals surface area contributed by atoms with Crippen molar-refractivity contribution in [3.8, 4) is 0 Å². The number of halogens is 2. The molecule has 4 nitrogen and oxygen atoms in total. The topological polar surface area (TPSA) is 62.0 Å². The van der Waals surface area contributed by atoms with E-state index in [1.165, 1.54) is 12.1 Å². The van der Waals surface area contributed by atoms with Crippen molar-refractivity contribution in [1.29, 1.82) is 0 Å². The molecule has 1 aromatic carbocycles. The molecule has 1 aromatic heterocycles. The summed E-state index contributed by atoms with van der Waals surface area (Å²) < 4.78 is 13.6. The molecule has 0 atom stereocenters. The second-order valence-corrected chi connectivity index (χ2v) is 5.13. The number of amides is 1. The molecule has 0 saturated heterocycles. The summed E-state index contributed by atoms with van der Waals surface area (Å²) >= 11 is 5.82. The Hall–Kier alpha value is -2.14. The average Bonchev–Trinajstić information content (AvgIpc) is 2.37. The van der Waals surface area contributed by atoms with Gasteiger partial charge in [-0.25, -0.2) is 4.39 Å². The van der Waals surface area contributed by atoms with E-state index in [-0.39, 0.29) is 22.7 Å². The maximum absolute atomic E-state index is 13.6. The summed E-state index contributed by atoms with van der Waals surface area (Å²) in [5, 5.41) is 2.54. The highest BCUT2D eigenvalue weighted by atomic mass is 35.5. The highest BCUT2D eigenvalue weighted by Gasteiger charge is 2.16. The SMILES string of the molecule is Cc1cc(C)c(CNC(=O)c2c(F)cccc2Cl)c(=O)[nH]1. The van der Waals surface area contributed by atoms with Crippen LogP contribution >= 0.6 is 11.6 Å². The summed E-state index contributed by atoms with van der Waals surface area (Å²) in [5.41, 5.74) is 1.44. The Morgan fingerprint density at radius 2 is 2.10 bits per heavy atom. The van der Waals surface area contributed by atoms with Gasteiger partial charge in [-0.2, -0.15) is 0 Å². The van der Waals surface area contributed by atoms with E-state index in [2.05, 4.69) is 10.3 Å². The standard InChI is InChI=1S/C15H14ClFN2O2/c1-8-6-9(2)19-14(20)10(8)7-18-15(21)13-11(16)4-3-5-12(13)17/h3-6H,7H2,1-2H3,(H,18,21)(H,19,20). The fourth-order valence-electron chi connectivity index (χ4n) is 2.07. The smallest absolute Gasteiger partial charge is 0.256 e. The molecule has 0 spiro atoms. The fraction of sp³-hybridized carbons (Fsp3) is 0.200. The minimum Gasteiger partial charge on any atom is -0.348 e. The van der Waals surface area contributed by atoms with E-state index in [4.69, 9.17) is 11.6 Å². The van der Waals surface area contributed by atoms with Gasteiger partial charge in [-0.1, -0.05) is 17.7 Å². The molecule has 0 fully saturated rings. The predicted octanol–water partition coefficient (Wildman–Crippen LogP) is 2.71. The summed E-state index contributed by atoms with van der Waals surface area (Å²) in [6, 6.07) is 5.82. The van der Waals surface area contributed by atoms with E-state index in [0.717, 1.165) is 17.3 Å². The van der Waals surface area contributed by atoms with E-state index in [1.807, 2.05) is 0 Å². The van der Waals surface area contributed by atoms with Crippen molar-refractivity contribution in [3.05, 3.63) is 67.8 Å². The van der Waals surface area contributed by atoms with Crippen LogP contribution in [0.25, 0.3) is 0 Å². The number of rotatable bonds is 3. The second kappa shape index (κ2) is 6.10. The Morgan fingerprint density at radius 3 is 2.71 bits per heavy atom. The number of carbonyl (C=O) groups is 1. The van der Waals surface area contributed by atoms with Crippen LogP contribution in [-0.4, -0.2) is 10.9 Å². The number of benzene rings is 1. The largest absolute Gasteiger partial charge is 0.348 e. The van der Waals surface area contributed by atoms with Crippen LogP contribution in [0, 0.1) is 19.7 Å². The number of aryl methyl sites for hydroxylation is 2. The summed E-state index contributed by atoms with van der Waals surface area (Å²) in [7, 11) is 0. The third-order valence-electron chi connectivity index (χ3n) is 3.11. The molecule has 0 bridgehead atoms. The molecule has 0 radical (unpaired) electrons. The zero-order valence-electron chi connectivity index (χ0n) is 11.6. The third kappa shape index (κ3) is 3.31. The van der Waals surface area contributed by atoms with Gasteiger partial charge in [0.2, 0.25) is 0 Å². The van der Waals surface area contributed by atoms with Crippen molar-refractivity contribution in [1.82, 2.24) is 10.3 Å². The molecular weight excluding hydrogens is 295 g/mol. The molecule has 1 heterocycles. The van der Waals surface area contributed by atoms with Gasteiger partial charge in [-0.05, 0) is 37.6 Å². The maximum atomic E-state index is 13.6. The van der Waals surface area contributed by atoms with Crippen LogP contribution in [0.15, 0.2) is 29.1 Å². The molecule has 0 aliphatic carbocycles.